The molecule has 0 radical (unpaired) electrons. The summed E-state index contributed by atoms with van der Waals surface area (Å²) in [5.74, 6) is 0.0845. The van der Waals surface area contributed by atoms with Gasteiger partial charge in [0, 0.05) is 19.6 Å². The van der Waals surface area contributed by atoms with E-state index in [0.29, 0.717) is 6.04 Å². The topological polar surface area (TPSA) is 61.4 Å². The van der Waals surface area contributed by atoms with Crippen molar-refractivity contribution in [1.29, 1.82) is 0 Å². The molecule has 0 bridgehead atoms. The molecule has 2 amide bonds. The Bertz CT molecular complexity index is 347. The highest BCUT2D eigenvalue weighted by Gasteiger charge is 2.42. The Hall–Kier alpha value is -1.10. The first-order valence-electron chi connectivity index (χ1n) is 7.33. The average molecular weight is 267 g/mol. The zero-order chi connectivity index (χ0) is 13.9. The molecule has 0 aromatic heterocycles. The number of carbonyl (C=O) groups excluding carboxylic acids is 2. The predicted octanol–water partition coefficient (Wildman–Crippen LogP) is 0.503. The fourth-order valence-electron chi connectivity index (χ4n) is 2.92. The highest BCUT2D eigenvalue weighted by atomic mass is 16.2. The van der Waals surface area contributed by atoms with Crippen LogP contribution in [0.1, 0.15) is 39.0 Å². The predicted molar refractivity (Wildman–Crippen MR) is 73.6 cm³/mol. The molecular weight excluding hydrogens is 242 g/mol. The molecule has 2 aliphatic rings. The standard InChI is InChI=1S/C14H25N3O2/c1-3-6-14(7-8-15-10-14)13(19)17(2)9-12(18)16-11-4-5-11/h11,15H,3-10H2,1-2H3,(H,16,18). The third-order valence-electron chi connectivity index (χ3n) is 4.10. The molecule has 1 saturated carbocycles. The zero-order valence-electron chi connectivity index (χ0n) is 12.0. The van der Waals surface area contributed by atoms with E-state index in [-0.39, 0.29) is 23.8 Å². The van der Waals surface area contributed by atoms with E-state index in [0.717, 1.165) is 45.2 Å². The minimum absolute atomic E-state index is 0.0315. The van der Waals surface area contributed by atoms with Gasteiger partial charge in [-0.05, 0) is 32.2 Å². The second kappa shape index (κ2) is 5.90. The van der Waals surface area contributed by atoms with E-state index in [1.54, 1.807) is 11.9 Å². The summed E-state index contributed by atoms with van der Waals surface area (Å²) in [5, 5.41) is 6.21. The largest absolute Gasteiger partial charge is 0.352 e. The first-order valence-corrected chi connectivity index (χ1v) is 7.33. The number of amides is 2. The molecule has 0 aromatic carbocycles. The number of nitrogens with zero attached hydrogens (tertiary/aromatic N) is 1. The van der Waals surface area contributed by atoms with Gasteiger partial charge in [-0.3, -0.25) is 9.59 Å². The molecule has 0 aromatic rings. The number of hydrogen-bond acceptors (Lipinski definition) is 3. The Morgan fingerprint density at radius 3 is 2.68 bits per heavy atom. The summed E-state index contributed by atoms with van der Waals surface area (Å²) < 4.78 is 0. The Morgan fingerprint density at radius 1 is 1.42 bits per heavy atom. The Morgan fingerprint density at radius 2 is 2.16 bits per heavy atom. The minimum atomic E-state index is -0.288. The van der Waals surface area contributed by atoms with Gasteiger partial charge in [0.2, 0.25) is 11.8 Å². The van der Waals surface area contributed by atoms with Gasteiger partial charge in [-0.25, -0.2) is 0 Å². The van der Waals surface area contributed by atoms with Crippen LogP contribution in [0.15, 0.2) is 0 Å². The first-order chi connectivity index (χ1) is 9.07. The first kappa shape index (κ1) is 14.3. The zero-order valence-corrected chi connectivity index (χ0v) is 12.0. The van der Waals surface area contributed by atoms with Crippen LogP contribution in [0, 0.1) is 5.41 Å². The van der Waals surface area contributed by atoms with Crippen LogP contribution >= 0.6 is 0 Å². The van der Waals surface area contributed by atoms with E-state index in [9.17, 15) is 9.59 Å². The lowest BCUT2D eigenvalue weighted by Crippen LogP contribution is -2.47. The van der Waals surface area contributed by atoms with Gasteiger partial charge in [0.05, 0.1) is 12.0 Å². The van der Waals surface area contributed by atoms with Crippen LogP contribution in [0.25, 0.3) is 0 Å². The highest BCUT2D eigenvalue weighted by molar-refractivity contribution is 5.88. The van der Waals surface area contributed by atoms with Crippen LogP contribution in [0.2, 0.25) is 0 Å². The monoisotopic (exact) mass is 267 g/mol. The average Bonchev–Trinajstić information content (AvgIpc) is 3.04. The van der Waals surface area contributed by atoms with Gasteiger partial charge in [0.15, 0.2) is 0 Å². The van der Waals surface area contributed by atoms with Crippen molar-refractivity contribution in [2.75, 3.05) is 26.7 Å². The van der Waals surface area contributed by atoms with Gasteiger partial charge in [0.1, 0.15) is 0 Å². The van der Waals surface area contributed by atoms with Gasteiger partial charge in [-0.2, -0.15) is 0 Å². The normalized spacial score (nSPS) is 26.2. The summed E-state index contributed by atoms with van der Waals surface area (Å²) in [6.07, 6.45) is 4.93. The van der Waals surface area contributed by atoms with E-state index >= 15 is 0 Å². The Labute approximate surface area is 115 Å². The van der Waals surface area contributed by atoms with Crippen molar-refractivity contribution >= 4 is 11.8 Å². The number of likely N-dealkylation sites (N-methyl/N-ethyl adjacent to an activating group) is 1. The van der Waals surface area contributed by atoms with Crippen molar-refractivity contribution in [3.63, 3.8) is 0 Å². The summed E-state index contributed by atoms with van der Waals surface area (Å²) in [7, 11) is 1.74. The van der Waals surface area contributed by atoms with Crippen molar-refractivity contribution in [3.05, 3.63) is 0 Å². The summed E-state index contributed by atoms with van der Waals surface area (Å²) in [6, 6.07) is 0.355. The van der Waals surface area contributed by atoms with Crippen molar-refractivity contribution in [2.24, 2.45) is 5.41 Å². The third-order valence-corrected chi connectivity index (χ3v) is 4.10. The molecule has 1 aliphatic heterocycles. The molecule has 2 fully saturated rings. The minimum Gasteiger partial charge on any atom is -0.352 e. The molecule has 0 spiro atoms. The molecule has 2 rings (SSSR count). The smallest absolute Gasteiger partial charge is 0.239 e. The SMILES string of the molecule is CCCC1(C(=O)N(C)CC(=O)NC2CC2)CCNC1. The summed E-state index contributed by atoms with van der Waals surface area (Å²) in [6.45, 7) is 3.93. The third kappa shape index (κ3) is 3.47. The lowest BCUT2D eigenvalue weighted by molar-refractivity contribution is -0.143. The fraction of sp³-hybridized carbons (Fsp3) is 0.857. The molecule has 1 atom stereocenters. The van der Waals surface area contributed by atoms with Crippen LogP contribution in [-0.2, 0) is 9.59 Å². The van der Waals surface area contributed by atoms with E-state index in [4.69, 9.17) is 0 Å². The quantitative estimate of drug-likeness (QED) is 0.737. The molecule has 5 nitrogen and oxygen atoms in total. The summed E-state index contributed by atoms with van der Waals surface area (Å²) in [5.41, 5.74) is -0.288. The molecule has 1 aliphatic carbocycles. The molecule has 1 heterocycles. The van der Waals surface area contributed by atoms with Gasteiger partial charge in [-0.1, -0.05) is 13.3 Å². The number of rotatable bonds is 6. The second-order valence-corrected chi connectivity index (χ2v) is 5.96. The molecule has 2 N–H and O–H groups in total. The maximum atomic E-state index is 12.6. The number of hydrogen-bond donors (Lipinski definition) is 2. The fourth-order valence-corrected chi connectivity index (χ4v) is 2.92. The molecule has 19 heavy (non-hydrogen) atoms. The molecule has 1 saturated heterocycles. The van der Waals surface area contributed by atoms with Gasteiger partial charge >= 0.3 is 0 Å². The summed E-state index contributed by atoms with van der Waals surface area (Å²) in [4.78, 5) is 26.0. The van der Waals surface area contributed by atoms with E-state index in [2.05, 4.69) is 17.6 Å². The van der Waals surface area contributed by atoms with Crippen LogP contribution in [0.5, 0.6) is 0 Å². The lowest BCUT2D eigenvalue weighted by atomic mass is 9.81. The molecular formula is C14H25N3O2. The number of nitrogens with one attached hydrogen (secondary N) is 2. The van der Waals surface area contributed by atoms with Crippen LogP contribution in [0.3, 0.4) is 0 Å². The van der Waals surface area contributed by atoms with Crippen LogP contribution in [0.4, 0.5) is 0 Å². The van der Waals surface area contributed by atoms with Crippen molar-refractivity contribution in [3.8, 4) is 0 Å². The van der Waals surface area contributed by atoms with E-state index in [1.807, 2.05) is 0 Å². The molecule has 108 valence electrons. The maximum Gasteiger partial charge on any atom is 0.239 e. The van der Waals surface area contributed by atoms with Crippen LogP contribution in [-0.4, -0.2) is 49.4 Å². The van der Waals surface area contributed by atoms with Gasteiger partial charge < -0.3 is 15.5 Å². The second-order valence-electron chi connectivity index (χ2n) is 5.96. The Kier molecular flexibility index (Phi) is 4.45. The van der Waals surface area contributed by atoms with Gasteiger partial charge in [-0.15, -0.1) is 0 Å². The molecule has 5 heteroatoms. The van der Waals surface area contributed by atoms with Crippen molar-refractivity contribution in [1.82, 2.24) is 15.5 Å². The Balaban J connectivity index is 1.90. The lowest BCUT2D eigenvalue weighted by Gasteiger charge is -2.31. The highest BCUT2D eigenvalue weighted by Crippen LogP contribution is 2.33. The van der Waals surface area contributed by atoms with Crippen LogP contribution < -0.4 is 10.6 Å². The number of carbonyl (C=O) groups is 2. The molecule has 1 unspecified atom stereocenters. The van der Waals surface area contributed by atoms with E-state index in [1.165, 1.54) is 0 Å². The maximum absolute atomic E-state index is 12.6. The van der Waals surface area contributed by atoms with E-state index < -0.39 is 0 Å². The van der Waals surface area contributed by atoms with Gasteiger partial charge in [0.25, 0.3) is 0 Å². The van der Waals surface area contributed by atoms with Crippen molar-refractivity contribution < 1.29 is 9.59 Å². The summed E-state index contributed by atoms with van der Waals surface area (Å²) >= 11 is 0. The van der Waals surface area contributed by atoms with Crippen molar-refractivity contribution in [2.45, 2.75) is 45.1 Å².